The highest BCUT2D eigenvalue weighted by Crippen LogP contribution is 2.24. The van der Waals surface area contributed by atoms with E-state index < -0.39 is 0 Å². The summed E-state index contributed by atoms with van der Waals surface area (Å²) in [6.45, 7) is 4.62. The van der Waals surface area contributed by atoms with Gasteiger partial charge in [0.1, 0.15) is 11.5 Å². The van der Waals surface area contributed by atoms with Crippen LogP contribution in [0, 0.1) is 3.95 Å². The van der Waals surface area contributed by atoms with E-state index in [1.54, 1.807) is 16.4 Å². The van der Waals surface area contributed by atoms with Crippen molar-refractivity contribution in [2.75, 3.05) is 12.4 Å². The van der Waals surface area contributed by atoms with Gasteiger partial charge in [-0.1, -0.05) is 41.3 Å². The lowest BCUT2D eigenvalue weighted by Crippen LogP contribution is -2.05. The lowest BCUT2D eigenvalue weighted by atomic mass is 10.3. The molecule has 0 unspecified atom stereocenters. The van der Waals surface area contributed by atoms with Crippen LogP contribution in [0.1, 0.15) is 13.8 Å². The van der Waals surface area contributed by atoms with Crippen LogP contribution in [0.15, 0.2) is 58.9 Å². The van der Waals surface area contributed by atoms with Crippen LogP contribution in [-0.4, -0.2) is 28.2 Å². The van der Waals surface area contributed by atoms with E-state index in [0.717, 1.165) is 31.2 Å². The second kappa shape index (κ2) is 9.21. The number of para-hydroxylation sites is 1. The van der Waals surface area contributed by atoms with Gasteiger partial charge in [-0.2, -0.15) is 0 Å². The number of ether oxygens (including phenoxy) is 2. The molecule has 0 saturated carbocycles. The topological polar surface area (TPSA) is 36.3 Å². The minimum atomic E-state index is 0.171. The Bertz CT molecular complexity index is 874. The van der Waals surface area contributed by atoms with Crippen LogP contribution < -0.4 is 9.47 Å². The van der Waals surface area contributed by atoms with Gasteiger partial charge in [0.2, 0.25) is 0 Å². The highest BCUT2D eigenvalue weighted by Gasteiger charge is 2.06. The summed E-state index contributed by atoms with van der Waals surface area (Å²) < 4.78 is 14.9. The Labute approximate surface area is 166 Å². The number of thioether (sulfide) groups is 1. The van der Waals surface area contributed by atoms with Crippen molar-refractivity contribution in [2.24, 2.45) is 0 Å². The first-order valence-electron chi connectivity index (χ1n) is 8.30. The average Bonchev–Trinajstić information content (AvgIpc) is 3.01. The van der Waals surface area contributed by atoms with Crippen molar-refractivity contribution in [3.63, 3.8) is 0 Å². The maximum atomic E-state index is 5.78. The van der Waals surface area contributed by atoms with Gasteiger partial charge in [0, 0.05) is 5.75 Å². The third-order valence-electron chi connectivity index (χ3n) is 3.30. The first-order chi connectivity index (χ1) is 12.6. The maximum Gasteiger partial charge on any atom is 0.184 e. The molecule has 26 heavy (non-hydrogen) atoms. The molecule has 3 aromatic rings. The fourth-order valence-corrected chi connectivity index (χ4v) is 4.48. The van der Waals surface area contributed by atoms with E-state index >= 15 is 0 Å². The zero-order valence-corrected chi connectivity index (χ0v) is 17.1. The highest BCUT2D eigenvalue weighted by atomic mass is 32.2. The molecule has 0 saturated heterocycles. The second-order valence-electron chi connectivity index (χ2n) is 5.72. The predicted molar refractivity (Wildman–Crippen MR) is 111 cm³/mol. The zero-order chi connectivity index (χ0) is 18.4. The number of rotatable bonds is 8. The normalized spacial score (nSPS) is 10.9. The van der Waals surface area contributed by atoms with E-state index in [2.05, 4.69) is 5.10 Å². The van der Waals surface area contributed by atoms with Crippen molar-refractivity contribution in [1.82, 2.24) is 9.78 Å². The molecule has 1 heterocycles. The Morgan fingerprint density at radius 3 is 2.46 bits per heavy atom. The third kappa shape index (κ3) is 5.33. The van der Waals surface area contributed by atoms with Crippen molar-refractivity contribution in [3.05, 3.63) is 58.6 Å². The summed E-state index contributed by atoms with van der Waals surface area (Å²) in [6.07, 6.45) is 0.171. The van der Waals surface area contributed by atoms with Crippen molar-refractivity contribution >= 4 is 35.3 Å². The quantitative estimate of drug-likeness (QED) is 0.277. The number of hydrogen-bond donors (Lipinski definition) is 0. The van der Waals surface area contributed by atoms with E-state index in [-0.39, 0.29) is 6.10 Å². The van der Waals surface area contributed by atoms with Crippen molar-refractivity contribution in [2.45, 2.75) is 24.3 Å². The van der Waals surface area contributed by atoms with Crippen LogP contribution in [0.25, 0.3) is 5.69 Å². The molecular formula is C19H20N2O2S3. The molecule has 4 nitrogen and oxygen atoms in total. The molecule has 0 fully saturated rings. The van der Waals surface area contributed by atoms with Gasteiger partial charge in [-0.25, -0.2) is 4.68 Å². The molecule has 2 aromatic carbocycles. The number of benzene rings is 2. The van der Waals surface area contributed by atoms with Crippen LogP contribution in [0.2, 0.25) is 0 Å². The van der Waals surface area contributed by atoms with Crippen LogP contribution in [-0.2, 0) is 0 Å². The molecule has 7 heteroatoms. The SMILES string of the molecule is CC(C)Oc1ccc(OCCSc2nn(-c3ccccc3)c(=S)s2)cc1. The molecule has 0 atom stereocenters. The molecule has 0 aliphatic carbocycles. The van der Waals surface area contributed by atoms with Crippen LogP contribution in [0.5, 0.6) is 11.5 Å². The van der Waals surface area contributed by atoms with Crippen LogP contribution in [0.4, 0.5) is 0 Å². The first kappa shape index (κ1) is 18.9. The smallest absolute Gasteiger partial charge is 0.184 e. The summed E-state index contributed by atoms with van der Waals surface area (Å²) in [5.74, 6) is 2.50. The molecule has 0 N–H and O–H groups in total. The van der Waals surface area contributed by atoms with Crippen LogP contribution in [0.3, 0.4) is 0 Å². The van der Waals surface area contributed by atoms with Crippen LogP contribution >= 0.6 is 35.3 Å². The molecule has 0 radical (unpaired) electrons. The number of aromatic nitrogens is 2. The van der Waals surface area contributed by atoms with E-state index in [1.807, 2.05) is 68.4 Å². The molecule has 136 valence electrons. The van der Waals surface area contributed by atoms with E-state index in [4.69, 9.17) is 21.7 Å². The monoisotopic (exact) mass is 404 g/mol. The molecule has 0 spiro atoms. The Hall–Kier alpha value is -1.83. The average molecular weight is 405 g/mol. The third-order valence-corrected chi connectivity index (χ3v) is 5.63. The van der Waals surface area contributed by atoms with Gasteiger partial charge in [0.05, 0.1) is 18.4 Å². The van der Waals surface area contributed by atoms with Crippen molar-refractivity contribution < 1.29 is 9.47 Å². The molecule has 1 aromatic heterocycles. The summed E-state index contributed by atoms with van der Waals surface area (Å²) in [5.41, 5.74) is 0.987. The highest BCUT2D eigenvalue weighted by molar-refractivity contribution is 8.01. The van der Waals surface area contributed by atoms with Gasteiger partial charge < -0.3 is 9.47 Å². The molecule has 0 amide bonds. The zero-order valence-electron chi connectivity index (χ0n) is 14.6. The van der Waals surface area contributed by atoms with Gasteiger partial charge in [0.15, 0.2) is 8.29 Å². The summed E-state index contributed by atoms with van der Waals surface area (Å²) in [6, 6.07) is 17.6. The standard InChI is InChI=1S/C19H20N2O2S3/c1-14(2)23-17-10-8-16(9-11-17)22-12-13-25-18-20-21(19(24)26-18)15-6-4-3-5-7-15/h3-11,14H,12-13H2,1-2H3. The summed E-state index contributed by atoms with van der Waals surface area (Å²) in [5, 5.41) is 4.59. The lowest BCUT2D eigenvalue weighted by molar-refractivity contribution is 0.242. The van der Waals surface area contributed by atoms with Gasteiger partial charge in [-0.3, -0.25) is 0 Å². The largest absolute Gasteiger partial charge is 0.493 e. The summed E-state index contributed by atoms with van der Waals surface area (Å²) in [4.78, 5) is 0. The molecule has 0 bridgehead atoms. The van der Waals surface area contributed by atoms with E-state index in [0.29, 0.717) is 6.61 Å². The summed E-state index contributed by atoms with van der Waals surface area (Å²) in [7, 11) is 0. The van der Waals surface area contributed by atoms with Crippen molar-refractivity contribution in [1.29, 1.82) is 0 Å². The molecule has 3 rings (SSSR count). The van der Waals surface area contributed by atoms with Gasteiger partial charge >= 0.3 is 0 Å². The maximum absolute atomic E-state index is 5.78. The fraction of sp³-hybridized carbons (Fsp3) is 0.263. The first-order valence-corrected chi connectivity index (χ1v) is 10.5. The Kier molecular flexibility index (Phi) is 6.71. The van der Waals surface area contributed by atoms with Crippen molar-refractivity contribution in [3.8, 4) is 17.2 Å². The number of hydrogen-bond acceptors (Lipinski definition) is 6. The Morgan fingerprint density at radius 2 is 1.77 bits per heavy atom. The van der Waals surface area contributed by atoms with Gasteiger partial charge in [-0.05, 0) is 62.5 Å². The Balaban J connectivity index is 1.49. The predicted octanol–water partition coefficient (Wildman–Crippen LogP) is 5.62. The van der Waals surface area contributed by atoms with E-state index in [1.165, 1.54) is 11.3 Å². The molecule has 0 aliphatic heterocycles. The molecule has 0 aliphatic rings. The minimum Gasteiger partial charge on any atom is -0.493 e. The summed E-state index contributed by atoms with van der Waals surface area (Å²) >= 11 is 8.59. The fourth-order valence-electron chi connectivity index (χ4n) is 2.23. The Morgan fingerprint density at radius 1 is 1.08 bits per heavy atom. The van der Waals surface area contributed by atoms with E-state index in [9.17, 15) is 0 Å². The lowest BCUT2D eigenvalue weighted by Gasteiger charge is -2.10. The van der Waals surface area contributed by atoms with Gasteiger partial charge in [-0.15, -0.1) is 5.10 Å². The van der Waals surface area contributed by atoms with Gasteiger partial charge in [0.25, 0.3) is 0 Å². The second-order valence-corrected chi connectivity index (χ2v) is 8.68. The minimum absolute atomic E-state index is 0.171. The molecular weight excluding hydrogens is 384 g/mol. The number of nitrogens with zero attached hydrogens (tertiary/aromatic N) is 2.